The van der Waals surface area contributed by atoms with E-state index >= 15 is 0 Å². The number of hydrogen-bond acceptors (Lipinski definition) is 4. The number of halogens is 1. The maximum Gasteiger partial charge on any atom is 0.223 e. The molecule has 5 nitrogen and oxygen atoms in total. The van der Waals surface area contributed by atoms with Gasteiger partial charge in [0.15, 0.2) is 0 Å². The summed E-state index contributed by atoms with van der Waals surface area (Å²) in [4.78, 5) is 17.3. The molecular formula is C20H19ClN4OS. The summed E-state index contributed by atoms with van der Waals surface area (Å²) >= 11 is 7.44. The average Bonchev–Trinajstić information content (AvgIpc) is 3.36. The fourth-order valence-electron chi connectivity index (χ4n) is 3.15. The minimum absolute atomic E-state index is 0.116. The van der Waals surface area contributed by atoms with Crippen LogP contribution >= 0.6 is 23.4 Å². The van der Waals surface area contributed by atoms with E-state index < -0.39 is 0 Å². The molecule has 2 heterocycles. The van der Waals surface area contributed by atoms with Gasteiger partial charge in [0.05, 0.1) is 21.8 Å². The Hall–Kier alpha value is -2.31. The first-order valence-corrected chi connectivity index (χ1v) is 10.1. The second-order valence-corrected chi connectivity index (χ2v) is 7.99. The van der Waals surface area contributed by atoms with Crippen molar-refractivity contribution in [3.05, 3.63) is 59.4 Å². The SMILES string of the molecule is CCNC(=O)C1CC1c1ccc(-c2[nH]ncc2Sc2ccc(Cl)cn2)cc1. The van der Waals surface area contributed by atoms with Crippen LogP contribution in [0.5, 0.6) is 0 Å². The highest BCUT2D eigenvalue weighted by atomic mass is 35.5. The van der Waals surface area contributed by atoms with Gasteiger partial charge in [-0.25, -0.2) is 4.98 Å². The molecule has 1 amide bonds. The van der Waals surface area contributed by atoms with Crippen molar-refractivity contribution >= 4 is 29.3 Å². The van der Waals surface area contributed by atoms with E-state index in [9.17, 15) is 4.79 Å². The van der Waals surface area contributed by atoms with Crippen molar-refractivity contribution in [1.82, 2.24) is 20.5 Å². The van der Waals surface area contributed by atoms with Crippen LogP contribution in [0.15, 0.2) is 58.7 Å². The molecule has 7 heteroatoms. The predicted octanol–water partition coefficient (Wildman–Crippen LogP) is 4.52. The zero-order valence-corrected chi connectivity index (χ0v) is 16.3. The first-order valence-electron chi connectivity index (χ1n) is 8.86. The molecule has 1 saturated carbocycles. The van der Waals surface area contributed by atoms with Crippen LogP contribution in [-0.4, -0.2) is 27.6 Å². The summed E-state index contributed by atoms with van der Waals surface area (Å²) in [6, 6.07) is 12.1. The molecule has 3 aromatic rings. The Morgan fingerprint density at radius 2 is 2.07 bits per heavy atom. The molecule has 2 N–H and O–H groups in total. The molecule has 1 aliphatic carbocycles. The number of carbonyl (C=O) groups excluding carboxylic acids is 1. The van der Waals surface area contributed by atoms with Crippen LogP contribution in [0, 0.1) is 5.92 Å². The average molecular weight is 399 g/mol. The zero-order chi connectivity index (χ0) is 18.8. The fraction of sp³-hybridized carbons (Fsp3) is 0.250. The van der Waals surface area contributed by atoms with E-state index in [4.69, 9.17) is 11.6 Å². The number of amides is 1. The molecule has 4 rings (SSSR count). The smallest absolute Gasteiger partial charge is 0.223 e. The second-order valence-electron chi connectivity index (χ2n) is 6.49. The highest BCUT2D eigenvalue weighted by Gasteiger charge is 2.43. The van der Waals surface area contributed by atoms with Crippen LogP contribution in [0.4, 0.5) is 0 Å². The molecule has 1 fully saturated rings. The van der Waals surface area contributed by atoms with E-state index in [1.807, 2.05) is 19.1 Å². The number of hydrogen-bond donors (Lipinski definition) is 2. The Morgan fingerprint density at radius 3 is 2.78 bits per heavy atom. The number of rotatable bonds is 6. The van der Waals surface area contributed by atoms with Gasteiger partial charge < -0.3 is 5.32 Å². The topological polar surface area (TPSA) is 70.7 Å². The molecule has 2 aromatic heterocycles. The molecule has 2 unspecified atom stereocenters. The molecule has 0 aliphatic heterocycles. The van der Waals surface area contributed by atoms with Crippen molar-refractivity contribution in [3.8, 4) is 11.3 Å². The van der Waals surface area contributed by atoms with Crippen LogP contribution in [0.1, 0.15) is 24.8 Å². The van der Waals surface area contributed by atoms with Crippen molar-refractivity contribution < 1.29 is 4.79 Å². The molecule has 2 atom stereocenters. The summed E-state index contributed by atoms with van der Waals surface area (Å²) in [5, 5.41) is 11.6. The summed E-state index contributed by atoms with van der Waals surface area (Å²) in [6.45, 7) is 2.63. The Balaban J connectivity index is 1.48. The molecular weight excluding hydrogens is 380 g/mol. The van der Waals surface area contributed by atoms with Crippen molar-refractivity contribution in [2.24, 2.45) is 5.92 Å². The second kappa shape index (κ2) is 7.74. The predicted molar refractivity (Wildman–Crippen MR) is 107 cm³/mol. The summed E-state index contributed by atoms with van der Waals surface area (Å²) in [6.07, 6.45) is 4.37. The van der Waals surface area contributed by atoms with Crippen LogP contribution in [0.25, 0.3) is 11.3 Å². The molecule has 0 saturated heterocycles. The third-order valence-corrected chi connectivity index (χ3v) is 5.83. The normalized spacial score (nSPS) is 18.3. The zero-order valence-electron chi connectivity index (χ0n) is 14.8. The lowest BCUT2D eigenvalue weighted by Crippen LogP contribution is -2.24. The summed E-state index contributed by atoms with van der Waals surface area (Å²) in [5.74, 6) is 0.610. The van der Waals surface area contributed by atoms with Gasteiger partial charge in [0.2, 0.25) is 5.91 Å². The standard InChI is InChI=1S/C20H19ClN4OS/c1-2-22-20(26)16-9-15(16)12-3-5-13(6-4-12)19-17(11-24-25-19)27-18-8-7-14(21)10-23-18/h3-8,10-11,15-16H,2,9H2,1H3,(H,22,26)(H,24,25). The van der Waals surface area contributed by atoms with E-state index in [0.29, 0.717) is 17.5 Å². The van der Waals surface area contributed by atoms with E-state index in [1.165, 1.54) is 5.56 Å². The van der Waals surface area contributed by atoms with Gasteiger partial charge >= 0.3 is 0 Å². The Kier molecular flexibility index (Phi) is 5.18. The lowest BCUT2D eigenvalue weighted by atomic mass is 10.0. The van der Waals surface area contributed by atoms with Crippen LogP contribution in [0.2, 0.25) is 5.02 Å². The lowest BCUT2D eigenvalue weighted by molar-refractivity contribution is -0.122. The number of aromatic nitrogens is 3. The number of benzene rings is 1. The van der Waals surface area contributed by atoms with Crippen molar-refractivity contribution in [2.75, 3.05) is 6.54 Å². The van der Waals surface area contributed by atoms with Gasteiger partial charge in [-0.1, -0.05) is 47.6 Å². The molecule has 0 radical (unpaired) electrons. The Morgan fingerprint density at radius 1 is 1.26 bits per heavy atom. The fourth-order valence-corrected chi connectivity index (χ4v) is 4.10. The van der Waals surface area contributed by atoms with Crippen LogP contribution < -0.4 is 5.32 Å². The Labute approximate surface area is 166 Å². The van der Waals surface area contributed by atoms with Crippen molar-refractivity contribution in [1.29, 1.82) is 0 Å². The maximum atomic E-state index is 11.9. The van der Waals surface area contributed by atoms with Gasteiger partial charge in [0, 0.05) is 24.2 Å². The summed E-state index contributed by atoms with van der Waals surface area (Å²) < 4.78 is 0. The number of pyridine rings is 1. The van der Waals surface area contributed by atoms with E-state index in [-0.39, 0.29) is 11.8 Å². The number of nitrogens with one attached hydrogen (secondary N) is 2. The maximum absolute atomic E-state index is 11.9. The minimum Gasteiger partial charge on any atom is -0.356 e. The first kappa shape index (κ1) is 18.1. The lowest BCUT2D eigenvalue weighted by Gasteiger charge is -2.06. The minimum atomic E-state index is 0.116. The summed E-state index contributed by atoms with van der Waals surface area (Å²) in [7, 11) is 0. The monoisotopic (exact) mass is 398 g/mol. The summed E-state index contributed by atoms with van der Waals surface area (Å²) in [5.41, 5.74) is 3.23. The van der Waals surface area contributed by atoms with Crippen LogP contribution in [-0.2, 0) is 4.79 Å². The molecule has 0 spiro atoms. The van der Waals surface area contributed by atoms with E-state index in [1.54, 1.807) is 24.2 Å². The van der Waals surface area contributed by atoms with Gasteiger partial charge in [0.25, 0.3) is 0 Å². The quantitative estimate of drug-likeness (QED) is 0.640. The number of carbonyl (C=O) groups is 1. The van der Waals surface area contributed by atoms with Crippen molar-refractivity contribution in [3.63, 3.8) is 0 Å². The van der Waals surface area contributed by atoms with Crippen LogP contribution in [0.3, 0.4) is 0 Å². The third kappa shape index (κ3) is 4.01. The molecule has 1 aliphatic rings. The van der Waals surface area contributed by atoms with E-state index in [2.05, 4.69) is 44.8 Å². The van der Waals surface area contributed by atoms with E-state index in [0.717, 1.165) is 27.6 Å². The number of H-pyrrole nitrogens is 1. The van der Waals surface area contributed by atoms with Gasteiger partial charge in [-0.3, -0.25) is 9.89 Å². The Bertz CT molecular complexity index is 939. The van der Waals surface area contributed by atoms with Gasteiger partial charge in [-0.15, -0.1) is 0 Å². The highest BCUT2D eigenvalue weighted by Crippen LogP contribution is 2.48. The van der Waals surface area contributed by atoms with Gasteiger partial charge in [-0.05, 0) is 37.0 Å². The van der Waals surface area contributed by atoms with Gasteiger partial charge in [-0.2, -0.15) is 5.10 Å². The molecule has 0 bridgehead atoms. The number of aromatic amines is 1. The largest absolute Gasteiger partial charge is 0.356 e. The van der Waals surface area contributed by atoms with Crippen molar-refractivity contribution in [2.45, 2.75) is 29.2 Å². The number of nitrogens with zero attached hydrogens (tertiary/aromatic N) is 2. The first-order chi connectivity index (χ1) is 13.2. The molecule has 1 aromatic carbocycles. The molecule has 138 valence electrons. The highest BCUT2D eigenvalue weighted by molar-refractivity contribution is 7.99. The molecule has 27 heavy (non-hydrogen) atoms. The van der Waals surface area contributed by atoms with Gasteiger partial charge in [0.1, 0.15) is 5.03 Å². The third-order valence-electron chi connectivity index (χ3n) is 4.63.